The first-order valence-electron chi connectivity index (χ1n) is 41.0. The van der Waals surface area contributed by atoms with Crippen LogP contribution in [0, 0.1) is 11.8 Å². The fourth-order valence-corrected chi connectivity index (χ4v) is 13.8. The van der Waals surface area contributed by atoms with Crippen LogP contribution in [0.4, 0.5) is 0 Å². The molecule has 5 atom stereocenters. The molecule has 19 heteroatoms. The summed E-state index contributed by atoms with van der Waals surface area (Å²) in [5, 5.41) is 10.6. The molecule has 0 aromatic heterocycles. The molecule has 17 nitrogen and oxygen atoms in total. The zero-order valence-electron chi connectivity index (χ0n) is 64.1. The van der Waals surface area contributed by atoms with Gasteiger partial charge in [-0.25, -0.2) is 9.13 Å². The zero-order chi connectivity index (χ0) is 72.1. The van der Waals surface area contributed by atoms with E-state index in [1.165, 1.54) is 231 Å². The topological polar surface area (TPSA) is 237 Å². The number of unbranched alkanes of at least 4 members (excludes halogenated alkanes) is 48. The van der Waals surface area contributed by atoms with Crippen LogP contribution in [0.2, 0.25) is 0 Å². The van der Waals surface area contributed by atoms with Gasteiger partial charge in [0, 0.05) is 25.7 Å². The van der Waals surface area contributed by atoms with Gasteiger partial charge in [0.25, 0.3) is 0 Å². The van der Waals surface area contributed by atoms with Crippen molar-refractivity contribution in [2.75, 3.05) is 39.6 Å². The lowest BCUT2D eigenvalue weighted by Gasteiger charge is -2.21. The van der Waals surface area contributed by atoms with Crippen molar-refractivity contribution in [2.45, 2.75) is 432 Å². The lowest BCUT2D eigenvalue weighted by Crippen LogP contribution is -2.30. The summed E-state index contributed by atoms with van der Waals surface area (Å²) in [6.45, 7) is 9.58. The summed E-state index contributed by atoms with van der Waals surface area (Å²) in [7, 11) is -9.91. The minimum atomic E-state index is -4.96. The van der Waals surface area contributed by atoms with Gasteiger partial charge in [-0.1, -0.05) is 363 Å². The minimum Gasteiger partial charge on any atom is -0.462 e. The summed E-state index contributed by atoms with van der Waals surface area (Å²) >= 11 is 0. The average Bonchev–Trinajstić information content (AvgIpc) is 0.970. The normalized spacial score (nSPS) is 13.9. The van der Waals surface area contributed by atoms with Gasteiger partial charge in [-0.15, -0.1) is 0 Å². The van der Waals surface area contributed by atoms with Crippen molar-refractivity contribution < 1.29 is 80.2 Å². The maximum Gasteiger partial charge on any atom is 0.472 e. The van der Waals surface area contributed by atoms with Crippen LogP contribution < -0.4 is 0 Å². The molecule has 98 heavy (non-hydrogen) atoms. The largest absolute Gasteiger partial charge is 0.472 e. The number of phosphoric ester groups is 2. The zero-order valence-corrected chi connectivity index (χ0v) is 65.9. The molecule has 0 radical (unpaired) electrons. The fourth-order valence-electron chi connectivity index (χ4n) is 12.2. The second-order valence-electron chi connectivity index (χ2n) is 29.4. The van der Waals surface area contributed by atoms with Gasteiger partial charge in [-0.3, -0.25) is 37.3 Å². The first-order chi connectivity index (χ1) is 47.4. The second-order valence-corrected chi connectivity index (χ2v) is 32.3. The Morgan fingerprint density at radius 2 is 0.469 bits per heavy atom. The highest BCUT2D eigenvalue weighted by atomic mass is 31.2. The number of aliphatic hydroxyl groups excluding tert-OH is 1. The van der Waals surface area contributed by atoms with Crippen molar-refractivity contribution in [3.63, 3.8) is 0 Å². The molecule has 0 aliphatic rings. The molecule has 0 aliphatic carbocycles. The van der Waals surface area contributed by atoms with Crippen LogP contribution in [0.3, 0.4) is 0 Å². The van der Waals surface area contributed by atoms with Crippen LogP contribution in [0.5, 0.6) is 0 Å². The maximum absolute atomic E-state index is 13.1. The summed E-state index contributed by atoms with van der Waals surface area (Å²) in [6, 6.07) is 0. The number of phosphoric acid groups is 2. The Bertz CT molecular complexity index is 1890. The van der Waals surface area contributed by atoms with Crippen molar-refractivity contribution in [1.82, 2.24) is 0 Å². The maximum atomic E-state index is 13.1. The Kier molecular flexibility index (Phi) is 69.3. The summed E-state index contributed by atoms with van der Waals surface area (Å²) in [5.74, 6) is -0.598. The molecule has 0 rings (SSSR count). The van der Waals surface area contributed by atoms with Crippen LogP contribution >= 0.6 is 15.6 Å². The predicted molar refractivity (Wildman–Crippen MR) is 400 cm³/mol. The van der Waals surface area contributed by atoms with Gasteiger partial charge in [-0.2, -0.15) is 0 Å². The molecule has 0 aromatic carbocycles. The molecule has 0 aromatic rings. The first kappa shape index (κ1) is 96.1. The van der Waals surface area contributed by atoms with Gasteiger partial charge >= 0.3 is 39.5 Å². The molecule has 0 saturated carbocycles. The Balaban J connectivity index is 5.19. The first-order valence-corrected chi connectivity index (χ1v) is 44.0. The summed E-state index contributed by atoms with van der Waals surface area (Å²) in [4.78, 5) is 72.8. The van der Waals surface area contributed by atoms with Crippen molar-refractivity contribution in [3.05, 3.63) is 0 Å². The van der Waals surface area contributed by atoms with Gasteiger partial charge in [-0.05, 0) is 37.5 Å². The molecule has 0 saturated heterocycles. The Hall–Kier alpha value is -1.94. The summed E-state index contributed by atoms with van der Waals surface area (Å²) in [6.07, 6.45) is 59.9. The van der Waals surface area contributed by atoms with Gasteiger partial charge in [0.05, 0.1) is 26.4 Å². The summed E-state index contributed by atoms with van der Waals surface area (Å²) in [5.41, 5.74) is 0. The third-order valence-electron chi connectivity index (χ3n) is 18.5. The lowest BCUT2D eigenvalue weighted by molar-refractivity contribution is -0.161. The smallest absolute Gasteiger partial charge is 0.462 e. The fraction of sp³-hybridized carbons (Fsp3) is 0.949. The van der Waals surface area contributed by atoms with E-state index >= 15 is 0 Å². The van der Waals surface area contributed by atoms with Crippen molar-refractivity contribution in [1.29, 1.82) is 0 Å². The van der Waals surface area contributed by atoms with Crippen molar-refractivity contribution >= 4 is 39.5 Å². The molecule has 0 heterocycles. The molecule has 3 N–H and O–H groups in total. The number of carbonyl (C=O) groups excluding carboxylic acids is 4. The van der Waals surface area contributed by atoms with Crippen LogP contribution in [-0.4, -0.2) is 96.7 Å². The van der Waals surface area contributed by atoms with Gasteiger partial charge in [0.15, 0.2) is 12.2 Å². The Morgan fingerprint density at radius 1 is 0.276 bits per heavy atom. The number of rotatable bonds is 78. The van der Waals surface area contributed by atoms with Crippen molar-refractivity contribution in [3.8, 4) is 0 Å². The monoisotopic (exact) mass is 1440 g/mol. The van der Waals surface area contributed by atoms with E-state index in [0.29, 0.717) is 31.6 Å². The van der Waals surface area contributed by atoms with Crippen LogP contribution in [0.25, 0.3) is 0 Å². The van der Waals surface area contributed by atoms with E-state index in [1.54, 1.807) is 0 Å². The van der Waals surface area contributed by atoms with E-state index in [-0.39, 0.29) is 25.7 Å². The number of ether oxygens (including phenoxy) is 4. The average molecular weight is 1440 g/mol. The van der Waals surface area contributed by atoms with Gasteiger partial charge in [0.2, 0.25) is 0 Å². The summed E-state index contributed by atoms with van der Waals surface area (Å²) < 4.78 is 68.6. The SMILES string of the molecule is CCCCCCCCCCCCCCCCCCCC(=O)OC[C@H](COP(=O)(O)OC[C@@H](O)COP(=O)(O)OC[C@@H](COC(=O)CCCCCCCCCCCC)OC(=O)CCCCCCCCCC(C)C)OC(=O)CCCCCCCCCCCCCCCCCCCCC(C)C. The van der Waals surface area contributed by atoms with Crippen LogP contribution in [0.15, 0.2) is 0 Å². The highest BCUT2D eigenvalue weighted by Gasteiger charge is 2.30. The molecule has 0 bridgehead atoms. The molecule has 0 fully saturated rings. The molecule has 0 spiro atoms. The van der Waals surface area contributed by atoms with E-state index in [4.69, 9.17) is 37.0 Å². The van der Waals surface area contributed by atoms with Crippen molar-refractivity contribution in [2.24, 2.45) is 11.8 Å². The number of esters is 4. The van der Waals surface area contributed by atoms with E-state index in [1.807, 2.05) is 0 Å². The molecule has 2 unspecified atom stereocenters. The highest BCUT2D eigenvalue weighted by Crippen LogP contribution is 2.45. The molecular weight excluding hydrogens is 1280 g/mol. The molecule has 0 amide bonds. The molecule has 0 aliphatic heterocycles. The quantitative estimate of drug-likeness (QED) is 0.0222. The predicted octanol–water partition coefficient (Wildman–Crippen LogP) is 23.5. The van der Waals surface area contributed by atoms with E-state index in [0.717, 1.165) is 95.8 Å². The number of carbonyl (C=O) groups is 4. The van der Waals surface area contributed by atoms with Crippen LogP contribution in [0.1, 0.15) is 414 Å². The second kappa shape index (κ2) is 70.7. The number of hydrogen-bond donors (Lipinski definition) is 3. The molecule has 582 valence electrons. The Morgan fingerprint density at radius 3 is 0.694 bits per heavy atom. The third-order valence-corrected chi connectivity index (χ3v) is 20.4. The number of hydrogen-bond acceptors (Lipinski definition) is 15. The number of aliphatic hydroxyl groups is 1. The highest BCUT2D eigenvalue weighted by molar-refractivity contribution is 7.47. The van der Waals surface area contributed by atoms with Gasteiger partial charge < -0.3 is 33.8 Å². The Labute approximate surface area is 600 Å². The lowest BCUT2D eigenvalue weighted by atomic mass is 10.0. The van der Waals surface area contributed by atoms with E-state index < -0.39 is 97.5 Å². The minimum absolute atomic E-state index is 0.104. The molecular formula is C79H154O17P2. The van der Waals surface area contributed by atoms with E-state index in [2.05, 4.69) is 41.5 Å². The van der Waals surface area contributed by atoms with E-state index in [9.17, 15) is 43.2 Å². The third kappa shape index (κ3) is 72.4. The van der Waals surface area contributed by atoms with Gasteiger partial charge in [0.1, 0.15) is 19.3 Å². The van der Waals surface area contributed by atoms with Crippen LogP contribution in [-0.2, 0) is 65.4 Å². The standard InChI is InChI=1S/C79H154O17P2/c1-7-9-11-13-15-17-19-20-21-24-28-31-34-38-44-50-56-62-77(82)90-67-74(95-78(83)63-57-51-45-39-35-32-29-26-23-22-25-27-30-33-36-41-47-53-59-71(3)4)69-93-97(85,86)91-65-73(80)66-92-98(87,88)94-70-75(96-79(84)64-58-52-46-40-42-48-54-60-72(5)6)68-89-76(81)61-55-49-43-37-18-16-14-12-10-8-2/h71-75,80H,7-70H2,1-6H3,(H,85,86)(H,87,88)/t73-,74-,75-/m1/s1.